The number of anilines is 1. The minimum absolute atomic E-state index is 0.171. The number of hydrogen-bond donors (Lipinski definition) is 0. The van der Waals surface area contributed by atoms with Gasteiger partial charge < -0.3 is 28.9 Å². The van der Waals surface area contributed by atoms with E-state index >= 15 is 0 Å². The average Bonchev–Trinajstić information content (AvgIpc) is 3.80. The lowest BCUT2D eigenvalue weighted by Gasteiger charge is -2.40. The predicted octanol–water partition coefficient (Wildman–Crippen LogP) is 8.00. The standard InChI is InChI=1S/C45H59Cl2N7O4/c1-44(2,3)58-43(55)52-19-11-31(12-20-52)25-51-17-13-38(14-18-51)53-26-33-28-54(29-34(33)27-53)42-49-16-10-37(50-42)30-57-39-8-6-35(7-9-39)45(4,5)36-22-32(24-48)41(40(47)23-36)56-21-15-46/h6-10,16,22-23,31,33-34,38H,11-15,17-21,25-30H2,1-5H3. The fourth-order valence-electron chi connectivity index (χ4n) is 9.18. The molecular formula is C45H59Cl2N7O4. The number of carbonyl (C=O) groups is 1. The number of nitrogens with zero attached hydrogens (tertiary/aromatic N) is 7. The maximum atomic E-state index is 12.5. The molecule has 2 atom stereocenters. The Bertz CT molecular complexity index is 1900. The molecule has 58 heavy (non-hydrogen) atoms. The minimum atomic E-state index is -0.445. The Kier molecular flexibility index (Phi) is 13.3. The van der Waals surface area contributed by atoms with E-state index in [0.29, 0.717) is 52.6 Å². The smallest absolute Gasteiger partial charge is 0.410 e. The van der Waals surface area contributed by atoms with Crippen LogP contribution in [0.15, 0.2) is 48.7 Å². The van der Waals surface area contributed by atoms with Gasteiger partial charge >= 0.3 is 6.09 Å². The van der Waals surface area contributed by atoms with E-state index in [-0.39, 0.29) is 12.7 Å². The molecule has 13 heteroatoms. The number of amides is 1. The summed E-state index contributed by atoms with van der Waals surface area (Å²) in [6.45, 7) is 20.0. The molecule has 4 aliphatic heterocycles. The number of likely N-dealkylation sites (tertiary alicyclic amines) is 3. The van der Waals surface area contributed by atoms with Crippen molar-refractivity contribution in [1.82, 2.24) is 24.7 Å². The van der Waals surface area contributed by atoms with Crippen LogP contribution >= 0.6 is 23.2 Å². The van der Waals surface area contributed by atoms with E-state index in [0.717, 1.165) is 87.2 Å². The molecule has 1 amide bonds. The third kappa shape index (κ3) is 10.1. The summed E-state index contributed by atoms with van der Waals surface area (Å²) in [4.78, 5) is 31.8. The van der Waals surface area contributed by atoms with E-state index in [1.165, 1.54) is 25.9 Å². The van der Waals surface area contributed by atoms with Crippen LogP contribution in [-0.2, 0) is 16.8 Å². The van der Waals surface area contributed by atoms with Gasteiger partial charge in [-0.2, -0.15) is 5.26 Å². The van der Waals surface area contributed by atoms with Crippen LogP contribution in [0.5, 0.6) is 11.5 Å². The molecule has 0 aliphatic carbocycles. The highest BCUT2D eigenvalue weighted by Crippen LogP contribution is 2.39. The molecule has 0 N–H and O–H groups in total. The number of nitriles is 1. The van der Waals surface area contributed by atoms with Crippen molar-refractivity contribution < 1.29 is 19.0 Å². The fourth-order valence-corrected chi connectivity index (χ4v) is 9.53. The van der Waals surface area contributed by atoms with Gasteiger partial charge in [-0.25, -0.2) is 14.8 Å². The van der Waals surface area contributed by atoms with Crippen molar-refractivity contribution in [3.05, 3.63) is 76.1 Å². The van der Waals surface area contributed by atoms with Crippen molar-refractivity contribution in [2.24, 2.45) is 17.8 Å². The zero-order valence-corrected chi connectivity index (χ0v) is 36.3. The van der Waals surface area contributed by atoms with Gasteiger partial charge in [-0.05, 0) is 119 Å². The number of piperidine rings is 2. The van der Waals surface area contributed by atoms with E-state index < -0.39 is 11.0 Å². The maximum absolute atomic E-state index is 12.5. The molecule has 4 aliphatic rings. The molecule has 0 spiro atoms. The van der Waals surface area contributed by atoms with Gasteiger partial charge in [0, 0.05) is 63.5 Å². The Morgan fingerprint density at radius 3 is 2.22 bits per heavy atom. The van der Waals surface area contributed by atoms with E-state index in [1.54, 1.807) is 0 Å². The predicted molar refractivity (Wildman–Crippen MR) is 228 cm³/mol. The number of alkyl halides is 1. The van der Waals surface area contributed by atoms with Crippen molar-refractivity contribution in [1.29, 1.82) is 5.26 Å². The highest BCUT2D eigenvalue weighted by Gasteiger charge is 2.43. The van der Waals surface area contributed by atoms with E-state index in [9.17, 15) is 10.1 Å². The van der Waals surface area contributed by atoms with Crippen LogP contribution in [0.1, 0.15) is 82.7 Å². The SMILES string of the molecule is CC(C)(C)OC(=O)N1CCC(CN2CCC(N3CC4CN(c5nccc(COc6ccc(C(C)(C)c7cc(Cl)c(OCCCl)c(C#N)c7)cc6)n5)CC4C3)CC2)CC1. The third-order valence-corrected chi connectivity index (χ3v) is 13.0. The molecule has 2 aromatic carbocycles. The second-order valence-electron chi connectivity index (χ2n) is 18.1. The van der Waals surface area contributed by atoms with Crippen molar-refractivity contribution >= 4 is 35.2 Å². The summed E-state index contributed by atoms with van der Waals surface area (Å²) in [6, 6.07) is 16.6. The number of benzene rings is 2. The van der Waals surface area contributed by atoms with Gasteiger partial charge in [0.15, 0.2) is 5.75 Å². The Morgan fingerprint density at radius 2 is 1.59 bits per heavy atom. The van der Waals surface area contributed by atoms with Gasteiger partial charge in [-0.1, -0.05) is 37.6 Å². The van der Waals surface area contributed by atoms with E-state index in [1.807, 2.05) is 62.2 Å². The molecule has 4 fully saturated rings. The van der Waals surface area contributed by atoms with Crippen LogP contribution in [0.4, 0.5) is 10.7 Å². The molecule has 7 rings (SSSR count). The maximum Gasteiger partial charge on any atom is 0.410 e. The van der Waals surface area contributed by atoms with Crippen molar-refractivity contribution in [2.45, 2.75) is 84.0 Å². The number of rotatable bonds is 12. The number of aromatic nitrogens is 2. The third-order valence-electron chi connectivity index (χ3n) is 12.5. The first kappa shape index (κ1) is 42.3. The van der Waals surface area contributed by atoms with Crippen molar-refractivity contribution in [3.8, 4) is 17.6 Å². The Hall–Kier alpha value is -3.82. The monoisotopic (exact) mass is 831 g/mol. The first-order valence-corrected chi connectivity index (χ1v) is 21.9. The molecule has 1 aromatic heterocycles. The first-order chi connectivity index (χ1) is 27.8. The summed E-state index contributed by atoms with van der Waals surface area (Å²) in [5, 5.41) is 10.2. The number of fused-ring (bicyclic) bond motifs is 1. The Balaban J connectivity index is 0.847. The molecule has 312 valence electrons. The van der Waals surface area contributed by atoms with Crippen LogP contribution in [0.3, 0.4) is 0 Å². The van der Waals surface area contributed by atoms with E-state index in [4.69, 9.17) is 42.4 Å². The largest absolute Gasteiger partial charge is 0.489 e. The van der Waals surface area contributed by atoms with Gasteiger partial charge in [0.05, 0.1) is 22.2 Å². The molecule has 11 nitrogen and oxygen atoms in total. The lowest BCUT2D eigenvalue weighted by atomic mass is 9.77. The van der Waals surface area contributed by atoms with Crippen LogP contribution in [0.2, 0.25) is 5.02 Å². The van der Waals surface area contributed by atoms with Crippen molar-refractivity contribution in [3.63, 3.8) is 0 Å². The fraction of sp³-hybridized carbons (Fsp3) is 0.600. The summed E-state index contributed by atoms with van der Waals surface area (Å²) < 4.78 is 17.4. The van der Waals surface area contributed by atoms with Gasteiger partial charge in [-0.15, -0.1) is 11.6 Å². The normalized spacial score (nSPS) is 21.2. The minimum Gasteiger partial charge on any atom is -0.489 e. The van der Waals surface area contributed by atoms with Crippen LogP contribution < -0.4 is 14.4 Å². The average molecular weight is 833 g/mol. The van der Waals surface area contributed by atoms with Gasteiger partial charge in [-0.3, -0.25) is 4.90 Å². The number of carbonyl (C=O) groups excluding carboxylic acids is 1. The lowest BCUT2D eigenvalue weighted by molar-refractivity contribution is 0.0160. The number of ether oxygens (including phenoxy) is 3. The lowest BCUT2D eigenvalue weighted by Crippen LogP contribution is -2.47. The number of halogens is 2. The first-order valence-electron chi connectivity index (χ1n) is 21.0. The summed E-state index contributed by atoms with van der Waals surface area (Å²) in [5.74, 6) is 4.16. The zero-order valence-electron chi connectivity index (χ0n) is 34.8. The molecule has 0 radical (unpaired) electrons. The van der Waals surface area contributed by atoms with Crippen LogP contribution in [0.25, 0.3) is 0 Å². The summed E-state index contributed by atoms with van der Waals surface area (Å²) in [6.07, 6.45) is 6.27. The molecule has 0 bridgehead atoms. The van der Waals surface area contributed by atoms with Gasteiger partial charge in [0.2, 0.25) is 5.95 Å². The molecule has 0 saturated carbocycles. The molecule has 3 aromatic rings. The van der Waals surface area contributed by atoms with E-state index in [2.05, 4.69) is 51.7 Å². The van der Waals surface area contributed by atoms with Crippen molar-refractivity contribution in [2.75, 3.05) is 76.3 Å². The highest BCUT2D eigenvalue weighted by molar-refractivity contribution is 6.32. The molecule has 4 saturated heterocycles. The summed E-state index contributed by atoms with van der Waals surface area (Å²) in [5.41, 5.74) is 2.35. The second-order valence-corrected chi connectivity index (χ2v) is 18.9. The van der Waals surface area contributed by atoms with Gasteiger partial charge in [0.25, 0.3) is 0 Å². The molecule has 2 unspecified atom stereocenters. The number of hydrogen-bond acceptors (Lipinski definition) is 10. The van der Waals surface area contributed by atoms with Crippen LogP contribution in [0, 0.1) is 29.1 Å². The van der Waals surface area contributed by atoms with Crippen LogP contribution in [-0.4, -0.2) is 114 Å². The Morgan fingerprint density at radius 1 is 0.897 bits per heavy atom. The summed E-state index contributed by atoms with van der Waals surface area (Å²) >= 11 is 12.3. The highest BCUT2D eigenvalue weighted by atomic mass is 35.5. The second kappa shape index (κ2) is 18.2. The Labute approximate surface area is 354 Å². The van der Waals surface area contributed by atoms with Gasteiger partial charge in [0.1, 0.15) is 30.6 Å². The molecular weight excluding hydrogens is 773 g/mol. The summed E-state index contributed by atoms with van der Waals surface area (Å²) in [7, 11) is 0. The quantitative estimate of drug-likeness (QED) is 0.167. The topological polar surface area (TPSA) is 107 Å². The molecule has 5 heterocycles. The zero-order chi connectivity index (χ0) is 41.0.